The highest BCUT2D eigenvalue weighted by molar-refractivity contribution is 6.34. The van der Waals surface area contributed by atoms with Crippen molar-refractivity contribution in [3.63, 3.8) is 0 Å². The highest BCUT2D eigenvalue weighted by Crippen LogP contribution is 2.40. The Balaban J connectivity index is 2.97. The number of anilines is 1. The molecule has 0 aliphatic rings. The number of amides is 2. The zero-order chi connectivity index (χ0) is 15.3. The van der Waals surface area contributed by atoms with Crippen LogP contribution in [0.4, 0.5) is 10.5 Å². The summed E-state index contributed by atoms with van der Waals surface area (Å²) in [6.07, 6.45) is 0. The number of hydrogen-bond donors (Lipinski definition) is 3. The summed E-state index contributed by atoms with van der Waals surface area (Å²) in [6.45, 7) is 0. The maximum Gasteiger partial charge on any atom is 0.326 e. The Morgan fingerprint density at radius 3 is 2.45 bits per heavy atom. The molecule has 0 aliphatic carbocycles. The SMILES string of the molecule is COc1ccc(Cl)c(NC(=O)NC(=N)N(C)C)c1OC. The van der Waals surface area contributed by atoms with Gasteiger partial charge < -0.3 is 19.7 Å². The van der Waals surface area contributed by atoms with Crippen LogP contribution in [0, 0.1) is 5.41 Å². The van der Waals surface area contributed by atoms with E-state index in [2.05, 4.69) is 10.6 Å². The van der Waals surface area contributed by atoms with Crippen LogP contribution >= 0.6 is 11.6 Å². The Morgan fingerprint density at radius 2 is 1.95 bits per heavy atom. The Kier molecular flexibility index (Phi) is 5.45. The van der Waals surface area contributed by atoms with Gasteiger partial charge in [-0.2, -0.15) is 0 Å². The van der Waals surface area contributed by atoms with E-state index in [9.17, 15) is 4.79 Å². The van der Waals surface area contributed by atoms with E-state index in [1.807, 2.05) is 0 Å². The van der Waals surface area contributed by atoms with Crippen LogP contribution in [0.5, 0.6) is 11.5 Å². The molecular formula is C12H17ClN4O3. The van der Waals surface area contributed by atoms with Crippen molar-refractivity contribution >= 4 is 29.3 Å². The van der Waals surface area contributed by atoms with Crippen molar-refractivity contribution in [2.45, 2.75) is 0 Å². The zero-order valence-corrected chi connectivity index (χ0v) is 12.5. The number of carbonyl (C=O) groups is 1. The van der Waals surface area contributed by atoms with Crippen molar-refractivity contribution in [3.05, 3.63) is 17.2 Å². The fourth-order valence-electron chi connectivity index (χ4n) is 1.38. The Morgan fingerprint density at radius 1 is 1.30 bits per heavy atom. The molecule has 0 aromatic heterocycles. The lowest BCUT2D eigenvalue weighted by atomic mass is 10.2. The summed E-state index contributed by atoms with van der Waals surface area (Å²) in [5, 5.41) is 12.7. The third-order valence-electron chi connectivity index (χ3n) is 2.41. The number of ether oxygens (including phenoxy) is 2. The van der Waals surface area contributed by atoms with Crippen molar-refractivity contribution in [2.75, 3.05) is 33.6 Å². The predicted octanol–water partition coefficient (Wildman–Crippen LogP) is 1.98. The molecule has 20 heavy (non-hydrogen) atoms. The molecule has 0 fully saturated rings. The number of methoxy groups -OCH3 is 2. The lowest BCUT2D eigenvalue weighted by molar-refractivity contribution is 0.255. The standard InChI is InChI=1S/C12H17ClN4O3/c1-17(2)11(14)16-12(18)15-9-7(13)5-6-8(19-3)10(9)20-4/h5-6H,1-4H3,(H3,14,15,16,18). The van der Waals surface area contributed by atoms with Crippen molar-refractivity contribution in [1.29, 1.82) is 5.41 Å². The van der Waals surface area contributed by atoms with Gasteiger partial charge in [0.1, 0.15) is 5.69 Å². The zero-order valence-electron chi connectivity index (χ0n) is 11.7. The monoisotopic (exact) mass is 300 g/mol. The molecule has 0 unspecified atom stereocenters. The molecule has 2 amide bonds. The van der Waals surface area contributed by atoms with Gasteiger partial charge in [0.2, 0.25) is 0 Å². The van der Waals surface area contributed by atoms with Crippen LogP contribution in [0.15, 0.2) is 12.1 Å². The van der Waals surface area contributed by atoms with Gasteiger partial charge in [-0.15, -0.1) is 0 Å². The molecule has 1 aromatic rings. The number of hydrogen-bond acceptors (Lipinski definition) is 4. The summed E-state index contributed by atoms with van der Waals surface area (Å²) in [4.78, 5) is 13.3. The third-order valence-corrected chi connectivity index (χ3v) is 2.73. The number of nitrogens with zero attached hydrogens (tertiary/aromatic N) is 1. The average Bonchev–Trinajstić information content (AvgIpc) is 2.40. The summed E-state index contributed by atoms with van der Waals surface area (Å²) in [5.41, 5.74) is 0.276. The molecule has 0 bridgehead atoms. The number of halogens is 1. The van der Waals surface area contributed by atoms with Crippen molar-refractivity contribution in [3.8, 4) is 11.5 Å². The largest absolute Gasteiger partial charge is 0.493 e. The van der Waals surface area contributed by atoms with Gasteiger partial charge in [-0.1, -0.05) is 11.6 Å². The molecular weight excluding hydrogens is 284 g/mol. The number of benzene rings is 1. The second-order valence-corrected chi connectivity index (χ2v) is 4.39. The molecule has 0 radical (unpaired) electrons. The number of carbonyl (C=O) groups excluding carboxylic acids is 1. The molecule has 7 nitrogen and oxygen atoms in total. The minimum Gasteiger partial charge on any atom is -0.493 e. The number of urea groups is 1. The van der Waals surface area contributed by atoms with Crippen LogP contribution in [-0.4, -0.2) is 45.2 Å². The quantitative estimate of drug-likeness (QED) is 0.588. The van der Waals surface area contributed by atoms with E-state index in [1.54, 1.807) is 26.2 Å². The van der Waals surface area contributed by atoms with E-state index in [0.29, 0.717) is 16.5 Å². The van der Waals surface area contributed by atoms with E-state index in [-0.39, 0.29) is 11.6 Å². The van der Waals surface area contributed by atoms with E-state index in [1.165, 1.54) is 19.1 Å². The van der Waals surface area contributed by atoms with Gasteiger partial charge >= 0.3 is 6.03 Å². The molecule has 0 heterocycles. The van der Waals surface area contributed by atoms with E-state index in [4.69, 9.17) is 26.5 Å². The number of guanidine groups is 1. The van der Waals surface area contributed by atoms with Gasteiger partial charge in [-0.25, -0.2) is 4.79 Å². The first-order valence-electron chi connectivity index (χ1n) is 5.65. The first-order chi connectivity index (χ1) is 9.40. The molecule has 0 saturated carbocycles. The molecule has 0 spiro atoms. The maximum atomic E-state index is 11.8. The van der Waals surface area contributed by atoms with Crippen LogP contribution in [0.1, 0.15) is 0 Å². The van der Waals surface area contributed by atoms with Crippen molar-refractivity contribution in [2.24, 2.45) is 0 Å². The second-order valence-electron chi connectivity index (χ2n) is 3.98. The molecule has 0 atom stereocenters. The first kappa shape index (κ1) is 15.9. The summed E-state index contributed by atoms with van der Waals surface area (Å²) in [6, 6.07) is 2.61. The van der Waals surface area contributed by atoms with Gasteiger partial charge in [0.05, 0.1) is 19.2 Å². The van der Waals surface area contributed by atoms with E-state index >= 15 is 0 Å². The fraction of sp³-hybridized carbons (Fsp3) is 0.333. The lowest BCUT2D eigenvalue weighted by Crippen LogP contribution is -2.41. The summed E-state index contributed by atoms with van der Waals surface area (Å²) in [5.74, 6) is 0.696. The van der Waals surface area contributed by atoms with Crippen LogP contribution < -0.4 is 20.1 Å². The first-order valence-corrected chi connectivity index (χ1v) is 6.02. The molecule has 0 aliphatic heterocycles. The highest BCUT2D eigenvalue weighted by Gasteiger charge is 2.17. The summed E-state index contributed by atoms with van der Waals surface area (Å²) < 4.78 is 10.3. The van der Waals surface area contributed by atoms with Gasteiger partial charge in [0.25, 0.3) is 0 Å². The van der Waals surface area contributed by atoms with Gasteiger partial charge in [-0.3, -0.25) is 10.7 Å². The van der Waals surface area contributed by atoms with Crippen LogP contribution in [0.2, 0.25) is 5.02 Å². The third kappa shape index (κ3) is 3.67. The lowest BCUT2D eigenvalue weighted by Gasteiger charge is -2.17. The molecule has 110 valence electrons. The van der Waals surface area contributed by atoms with Gasteiger partial charge in [0, 0.05) is 14.1 Å². The van der Waals surface area contributed by atoms with Crippen molar-refractivity contribution in [1.82, 2.24) is 10.2 Å². The fourth-order valence-corrected chi connectivity index (χ4v) is 1.58. The smallest absolute Gasteiger partial charge is 0.326 e. The van der Waals surface area contributed by atoms with Crippen LogP contribution in [-0.2, 0) is 0 Å². The summed E-state index contributed by atoms with van der Waals surface area (Å²) in [7, 11) is 6.21. The van der Waals surface area contributed by atoms with Crippen molar-refractivity contribution < 1.29 is 14.3 Å². The molecule has 8 heteroatoms. The van der Waals surface area contributed by atoms with Gasteiger partial charge in [0.15, 0.2) is 17.5 Å². The Hall–Kier alpha value is -2.15. The molecule has 1 aromatic carbocycles. The molecule has 0 saturated heterocycles. The number of rotatable bonds is 3. The van der Waals surface area contributed by atoms with Gasteiger partial charge in [-0.05, 0) is 12.1 Å². The predicted molar refractivity (Wildman–Crippen MR) is 78.1 cm³/mol. The summed E-state index contributed by atoms with van der Waals surface area (Å²) >= 11 is 6.04. The highest BCUT2D eigenvalue weighted by atomic mass is 35.5. The maximum absolute atomic E-state index is 11.8. The Bertz CT molecular complexity index is 520. The van der Waals surface area contributed by atoms with Crippen LogP contribution in [0.25, 0.3) is 0 Å². The normalized spacial score (nSPS) is 9.65. The van der Waals surface area contributed by atoms with Crippen LogP contribution in [0.3, 0.4) is 0 Å². The molecule has 3 N–H and O–H groups in total. The van der Waals surface area contributed by atoms with E-state index in [0.717, 1.165) is 0 Å². The minimum atomic E-state index is -0.600. The minimum absolute atomic E-state index is 0.0551. The second kappa shape index (κ2) is 6.85. The molecule has 1 rings (SSSR count). The average molecular weight is 301 g/mol. The Labute approximate surface area is 122 Å². The number of nitrogens with one attached hydrogen (secondary N) is 3. The topological polar surface area (TPSA) is 86.7 Å². The van der Waals surface area contributed by atoms with E-state index < -0.39 is 6.03 Å².